The Morgan fingerprint density at radius 3 is 2.62 bits per heavy atom. The summed E-state index contributed by atoms with van der Waals surface area (Å²) in [5.74, 6) is 1.73. The average molecular weight is 285 g/mol. The summed E-state index contributed by atoms with van der Waals surface area (Å²) in [5.41, 5.74) is 7.85. The minimum atomic E-state index is 0.447. The molecule has 2 heterocycles. The van der Waals surface area contributed by atoms with E-state index in [1.54, 1.807) is 0 Å². The van der Waals surface area contributed by atoms with Crippen LogP contribution in [0.25, 0.3) is 0 Å². The van der Waals surface area contributed by atoms with Crippen LogP contribution in [0.2, 0.25) is 0 Å². The molecule has 1 fully saturated rings. The van der Waals surface area contributed by atoms with Crippen molar-refractivity contribution in [2.24, 2.45) is 11.7 Å². The molecule has 0 spiro atoms. The molecule has 0 bridgehead atoms. The molecule has 112 valence electrons. The quantitative estimate of drug-likeness (QED) is 0.917. The first-order chi connectivity index (χ1) is 10.3. The van der Waals surface area contributed by atoms with Crippen molar-refractivity contribution in [1.29, 1.82) is 0 Å². The SMILES string of the molecule is NCc1cc(CN2CCC(Cc3ccccc3)CC2)on1. The van der Waals surface area contributed by atoms with E-state index in [0.717, 1.165) is 37.0 Å². The monoisotopic (exact) mass is 285 g/mol. The molecule has 1 aliphatic rings. The number of piperidine rings is 1. The molecule has 0 atom stereocenters. The summed E-state index contributed by atoms with van der Waals surface area (Å²) in [7, 11) is 0. The van der Waals surface area contributed by atoms with Gasteiger partial charge in [0, 0.05) is 12.6 Å². The number of hydrogen-bond donors (Lipinski definition) is 1. The van der Waals surface area contributed by atoms with Crippen LogP contribution in [0.4, 0.5) is 0 Å². The molecule has 0 saturated carbocycles. The highest BCUT2D eigenvalue weighted by atomic mass is 16.5. The zero-order valence-corrected chi connectivity index (χ0v) is 12.4. The van der Waals surface area contributed by atoms with Gasteiger partial charge in [-0.3, -0.25) is 4.90 Å². The molecule has 0 unspecified atom stereocenters. The normalized spacial score (nSPS) is 17.2. The van der Waals surface area contributed by atoms with E-state index in [1.807, 2.05) is 6.07 Å². The first kappa shape index (κ1) is 14.3. The van der Waals surface area contributed by atoms with Gasteiger partial charge in [0.05, 0.1) is 12.2 Å². The van der Waals surface area contributed by atoms with Gasteiger partial charge in [0.25, 0.3) is 0 Å². The van der Waals surface area contributed by atoms with E-state index in [2.05, 4.69) is 40.4 Å². The van der Waals surface area contributed by atoms with Crippen LogP contribution in [0, 0.1) is 5.92 Å². The lowest BCUT2D eigenvalue weighted by molar-refractivity contribution is 0.161. The van der Waals surface area contributed by atoms with Gasteiger partial charge in [-0.25, -0.2) is 0 Å². The zero-order chi connectivity index (χ0) is 14.5. The molecule has 4 nitrogen and oxygen atoms in total. The predicted molar refractivity (Wildman–Crippen MR) is 82.5 cm³/mol. The maximum absolute atomic E-state index is 5.55. The highest BCUT2D eigenvalue weighted by Crippen LogP contribution is 2.22. The first-order valence-electron chi connectivity index (χ1n) is 7.74. The van der Waals surface area contributed by atoms with Crippen LogP contribution in [0.5, 0.6) is 0 Å². The van der Waals surface area contributed by atoms with E-state index < -0.39 is 0 Å². The molecule has 3 rings (SSSR count). The standard InChI is InChI=1S/C17H23N3O/c18-12-16-11-17(21-19-16)13-20-8-6-15(7-9-20)10-14-4-2-1-3-5-14/h1-5,11,15H,6-10,12-13,18H2. The summed E-state index contributed by atoms with van der Waals surface area (Å²) < 4.78 is 5.31. The predicted octanol–water partition coefficient (Wildman–Crippen LogP) is 2.59. The minimum absolute atomic E-state index is 0.447. The van der Waals surface area contributed by atoms with E-state index in [-0.39, 0.29) is 0 Å². The Morgan fingerprint density at radius 1 is 1.19 bits per heavy atom. The second kappa shape index (κ2) is 6.87. The van der Waals surface area contributed by atoms with Gasteiger partial charge >= 0.3 is 0 Å². The molecule has 0 amide bonds. The van der Waals surface area contributed by atoms with Crippen LogP contribution in [-0.4, -0.2) is 23.1 Å². The van der Waals surface area contributed by atoms with Crippen LogP contribution in [0.1, 0.15) is 29.9 Å². The fraction of sp³-hybridized carbons (Fsp3) is 0.471. The Morgan fingerprint density at radius 2 is 1.95 bits per heavy atom. The number of aromatic nitrogens is 1. The average Bonchev–Trinajstić information content (AvgIpc) is 2.98. The summed E-state index contributed by atoms with van der Waals surface area (Å²) in [6.07, 6.45) is 3.72. The number of benzene rings is 1. The van der Waals surface area contributed by atoms with Crippen LogP contribution >= 0.6 is 0 Å². The summed E-state index contributed by atoms with van der Waals surface area (Å²) in [6, 6.07) is 12.8. The van der Waals surface area contributed by atoms with Crippen molar-refractivity contribution in [3.05, 3.63) is 53.4 Å². The molecule has 0 aliphatic carbocycles. The van der Waals surface area contributed by atoms with E-state index in [1.165, 1.54) is 24.8 Å². The number of rotatable bonds is 5. The second-order valence-electron chi connectivity index (χ2n) is 5.90. The van der Waals surface area contributed by atoms with Crippen molar-refractivity contribution in [1.82, 2.24) is 10.1 Å². The smallest absolute Gasteiger partial charge is 0.151 e. The molecule has 21 heavy (non-hydrogen) atoms. The molecular formula is C17H23N3O. The van der Waals surface area contributed by atoms with E-state index in [9.17, 15) is 0 Å². The van der Waals surface area contributed by atoms with Gasteiger partial charge in [0.2, 0.25) is 0 Å². The molecular weight excluding hydrogens is 262 g/mol. The van der Waals surface area contributed by atoms with Crippen molar-refractivity contribution >= 4 is 0 Å². The first-order valence-corrected chi connectivity index (χ1v) is 7.74. The fourth-order valence-electron chi connectivity index (χ4n) is 3.04. The van der Waals surface area contributed by atoms with Gasteiger partial charge in [-0.05, 0) is 43.8 Å². The van der Waals surface area contributed by atoms with Crippen molar-refractivity contribution in [3.63, 3.8) is 0 Å². The molecule has 1 aromatic heterocycles. The topological polar surface area (TPSA) is 55.3 Å². The van der Waals surface area contributed by atoms with Gasteiger partial charge in [0.15, 0.2) is 5.76 Å². The van der Waals surface area contributed by atoms with Crippen LogP contribution in [-0.2, 0) is 19.5 Å². The number of nitrogens with two attached hydrogens (primary N) is 1. The van der Waals surface area contributed by atoms with Crippen molar-refractivity contribution in [3.8, 4) is 0 Å². The summed E-state index contributed by atoms with van der Waals surface area (Å²) in [4.78, 5) is 2.45. The van der Waals surface area contributed by atoms with Gasteiger partial charge < -0.3 is 10.3 Å². The number of hydrogen-bond acceptors (Lipinski definition) is 4. The van der Waals surface area contributed by atoms with Crippen LogP contribution < -0.4 is 5.73 Å². The summed E-state index contributed by atoms with van der Waals surface area (Å²) >= 11 is 0. The Kier molecular flexibility index (Phi) is 4.68. The van der Waals surface area contributed by atoms with E-state index in [0.29, 0.717) is 6.54 Å². The van der Waals surface area contributed by atoms with Crippen LogP contribution in [0.3, 0.4) is 0 Å². The Labute approximate surface area is 125 Å². The highest BCUT2D eigenvalue weighted by molar-refractivity contribution is 5.15. The van der Waals surface area contributed by atoms with Gasteiger partial charge in [-0.1, -0.05) is 35.5 Å². The van der Waals surface area contributed by atoms with Gasteiger partial charge in [0.1, 0.15) is 0 Å². The molecule has 1 saturated heterocycles. The maximum Gasteiger partial charge on any atom is 0.151 e. The third kappa shape index (κ3) is 3.93. The second-order valence-corrected chi connectivity index (χ2v) is 5.90. The summed E-state index contributed by atoms with van der Waals surface area (Å²) in [5, 5.41) is 3.94. The molecule has 1 aliphatic heterocycles. The summed E-state index contributed by atoms with van der Waals surface area (Å²) in [6.45, 7) is 3.57. The van der Waals surface area contributed by atoms with E-state index in [4.69, 9.17) is 10.3 Å². The fourth-order valence-corrected chi connectivity index (χ4v) is 3.04. The largest absolute Gasteiger partial charge is 0.360 e. The highest BCUT2D eigenvalue weighted by Gasteiger charge is 2.20. The Hall–Kier alpha value is -1.65. The molecule has 4 heteroatoms. The number of likely N-dealkylation sites (tertiary alicyclic amines) is 1. The number of nitrogens with zero attached hydrogens (tertiary/aromatic N) is 2. The van der Waals surface area contributed by atoms with Gasteiger partial charge in [-0.2, -0.15) is 0 Å². The lowest BCUT2D eigenvalue weighted by atomic mass is 9.90. The van der Waals surface area contributed by atoms with E-state index >= 15 is 0 Å². The lowest BCUT2D eigenvalue weighted by Crippen LogP contribution is -2.33. The van der Waals surface area contributed by atoms with Crippen molar-refractivity contribution in [2.75, 3.05) is 13.1 Å². The third-order valence-corrected chi connectivity index (χ3v) is 4.27. The Balaban J connectivity index is 1.46. The molecule has 1 aromatic carbocycles. The van der Waals surface area contributed by atoms with Crippen molar-refractivity contribution in [2.45, 2.75) is 32.4 Å². The maximum atomic E-state index is 5.55. The third-order valence-electron chi connectivity index (χ3n) is 4.27. The van der Waals surface area contributed by atoms with Gasteiger partial charge in [-0.15, -0.1) is 0 Å². The molecule has 0 radical (unpaired) electrons. The molecule has 2 N–H and O–H groups in total. The molecule has 2 aromatic rings. The minimum Gasteiger partial charge on any atom is -0.360 e. The lowest BCUT2D eigenvalue weighted by Gasteiger charge is -2.31. The van der Waals surface area contributed by atoms with Crippen LogP contribution in [0.15, 0.2) is 40.9 Å². The zero-order valence-electron chi connectivity index (χ0n) is 12.4. The Bertz CT molecular complexity index is 544. The van der Waals surface area contributed by atoms with Crippen molar-refractivity contribution < 1.29 is 4.52 Å².